The fraction of sp³-hybridized carbons (Fsp3) is 0. The van der Waals surface area contributed by atoms with Gasteiger partial charge in [0.05, 0.1) is 0 Å². The molecule has 0 amide bonds. The summed E-state index contributed by atoms with van der Waals surface area (Å²) in [5.41, 5.74) is 0. The van der Waals surface area contributed by atoms with Crippen molar-refractivity contribution >= 4 is 11.0 Å². The molecule has 3 heteroatoms. The van der Waals surface area contributed by atoms with E-state index in [4.69, 9.17) is 5.26 Å². The van der Waals surface area contributed by atoms with Crippen molar-refractivity contribution in [2.45, 2.75) is 0 Å². The van der Waals surface area contributed by atoms with Gasteiger partial charge in [0.15, 0.2) is 0 Å². The largest absolute Gasteiger partial charge is 0.0149 e. The van der Waals surface area contributed by atoms with Gasteiger partial charge < -0.3 is 0 Å². The maximum absolute atomic E-state index is 7.32. The molecule has 0 aromatic rings. The van der Waals surface area contributed by atoms with Gasteiger partial charge in [-0.25, -0.2) is 0 Å². The molecule has 0 bridgehead atoms. The third kappa shape index (κ3) is 27.6. The third-order valence-electron chi connectivity index (χ3n) is 0. The van der Waals surface area contributed by atoms with Crippen molar-refractivity contribution in [3.05, 3.63) is 0 Å². The fourth-order valence-corrected chi connectivity index (χ4v) is 0. The summed E-state index contributed by atoms with van der Waals surface area (Å²) in [5.74, 6) is 0. The van der Waals surface area contributed by atoms with Crippen LogP contribution >= 0.6 is 0 Å². The molecule has 0 aliphatic carbocycles. The van der Waals surface area contributed by atoms with Gasteiger partial charge in [0.2, 0.25) is 0 Å². The van der Waals surface area contributed by atoms with Crippen LogP contribution in [0.4, 0.5) is 0 Å². The van der Waals surface area contributed by atoms with Crippen molar-refractivity contribution in [1.29, 1.82) is 5.26 Å². The van der Waals surface area contributed by atoms with Crippen molar-refractivity contribution in [2.75, 3.05) is 0 Å². The number of hydrogen-bond acceptors (Lipinski definition) is 1. The molecule has 0 rings (SSSR count). The Bertz CT molecular complexity index is 29.5. The molecule has 0 heterocycles. The summed E-state index contributed by atoms with van der Waals surface area (Å²) in [4.78, 5) is 0. The van der Waals surface area contributed by atoms with Crippen molar-refractivity contribution in [1.82, 2.24) is 0 Å². The molecule has 0 saturated heterocycles. The molecule has 0 radical (unpaired) electrons. The summed E-state index contributed by atoms with van der Waals surface area (Å²) < 4.78 is 1.75. The van der Waals surface area contributed by atoms with Gasteiger partial charge in [-0.05, 0) is 11.0 Å². The average molecular weight is 106 g/mol. The van der Waals surface area contributed by atoms with E-state index in [2.05, 4.69) is 0 Å². The Morgan fingerprint density at radius 3 is 1.75 bits per heavy atom. The zero-order chi connectivity index (χ0) is 2.71. The van der Waals surface area contributed by atoms with Crippen molar-refractivity contribution in [2.24, 2.45) is 0 Å². The Hall–Kier alpha value is 0.421. The Kier molecular flexibility index (Phi) is 21.9. The summed E-state index contributed by atoms with van der Waals surface area (Å²) in [6, 6.07) is 0. The molecule has 0 atom stereocenters. The van der Waals surface area contributed by atoms with E-state index in [0.717, 1.165) is 0 Å². The summed E-state index contributed by atoms with van der Waals surface area (Å²) in [5, 5.41) is 7.32. The van der Waals surface area contributed by atoms with Crippen LogP contribution in [-0.4, -0.2) is 11.0 Å². The van der Waals surface area contributed by atoms with E-state index >= 15 is 0 Å². The van der Waals surface area contributed by atoms with Gasteiger partial charge >= 0.3 is 30.1 Å². The van der Waals surface area contributed by atoms with Crippen molar-refractivity contribution < 1.29 is 20.4 Å². The van der Waals surface area contributed by atoms with Crippen LogP contribution in [0.2, 0.25) is 0 Å². The van der Waals surface area contributed by atoms with E-state index in [-0.39, 0.29) is 11.0 Å². The molecular weight excluding hydrogens is 102 g/mol. The second-order valence-corrected chi connectivity index (χ2v) is 0.461. The van der Waals surface area contributed by atoms with Gasteiger partial charge in [-0.2, -0.15) is 0 Å². The Labute approximate surface area is 41.4 Å². The predicted octanol–water partition coefficient (Wildman–Crippen LogP) is -1.44. The molecule has 1 nitrogen and oxygen atoms in total. The number of hydrogen-bond donors (Lipinski definition) is 0. The maximum Gasteiger partial charge on any atom is -0.0149 e. The normalized spacial score (nSPS) is 1.50. The number of nitriles is 1. The molecule has 4 heavy (non-hydrogen) atoms. The van der Waals surface area contributed by atoms with Gasteiger partial charge in [-0.15, -0.1) is 0 Å². The minimum atomic E-state index is 0. The molecule has 0 aromatic heterocycles. The number of nitrogens with zero attached hydrogens (tertiary/aromatic N) is 1. The van der Waals surface area contributed by atoms with Crippen LogP contribution in [0.15, 0.2) is 0 Å². The molecule has 0 saturated carbocycles. The first kappa shape index (κ1) is 8.83. The SMILES string of the molecule is N#[C][Ti].[SiH4]. The average Bonchev–Trinajstić information content (AvgIpc) is 0.918. The van der Waals surface area contributed by atoms with E-state index in [1.807, 2.05) is 0 Å². The quantitative estimate of drug-likeness (QED) is 0.347. The Balaban J connectivity index is 0. The Morgan fingerprint density at radius 2 is 1.75 bits per heavy atom. The second kappa shape index (κ2) is 9.93. The first-order valence-electron chi connectivity index (χ1n) is 0.474. The zero-order valence-corrected chi connectivity index (χ0v) is 3.01. The standard InChI is InChI=1S/CN.H4Si.Ti/c1-2;;/h;1H4;. The second-order valence-electron chi connectivity index (χ2n) is 0.112. The van der Waals surface area contributed by atoms with Gasteiger partial charge in [-0.1, -0.05) is 0 Å². The topological polar surface area (TPSA) is 23.8 Å². The van der Waals surface area contributed by atoms with E-state index in [1.54, 1.807) is 4.37 Å². The van der Waals surface area contributed by atoms with Gasteiger partial charge in [0.1, 0.15) is 0 Å². The minimum Gasteiger partial charge on any atom is -0.0149 e. The van der Waals surface area contributed by atoms with Crippen LogP contribution in [0.25, 0.3) is 0 Å². The molecule has 0 fully saturated rings. The van der Waals surface area contributed by atoms with Crippen LogP contribution in [0.1, 0.15) is 0 Å². The van der Waals surface area contributed by atoms with E-state index in [9.17, 15) is 0 Å². The minimum absolute atomic E-state index is 0. The molecule has 0 spiro atoms. The molecule has 0 aliphatic rings. The van der Waals surface area contributed by atoms with E-state index in [0.29, 0.717) is 0 Å². The van der Waals surface area contributed by atoms with Gasteiger partial charge in [-0.3, -0.25) is 0 Å². The van der Waals surface area contributed by atoms with Gasteiger partial charge in [0, 0.05) is 0 Å². The zero-order valence-electron chi connectivity index (χ0n) is 1.45. The van der Waals surface area contributed by atoms with Crippen molar-refractivity contribution in [3.63, 3.8) is 0 Å². The van der Waals surface area contributed by atoms with E-state index < -0.39 is 0 Å². The molecule has 21 valence electrons. The van der Waals surface area contributed by atoms with E-state index in [1.165, 1.54) is 20.4 Å². The smallest absolute Gasteiger partial charge is 0.0149 e. The molecule has 0 aromatic carbocycles. The molecule has 0 aliphatic heterocycles. The van der Waals surface area contributed by atoms with Crippen molar-refractivity contribution in [3.8, 4) is 4.37 Å². The first-order chi connectivity index (χ1) is 1.41. The van der Waals surface area contributed by atoms with Crippen LogP contribution in [-0.2, 0) is 20.4 Å². The third-order valence-corrected chi connectivity index (χ3v) is 0. The number of rotatable bonds is 0. The predicted molar refractivity (Wildman–Crippen MR) is 16.9 cm³/mol. The summed E-state index contributed by atoms with van der Waals surface area (Å²) in [7, 11) is 0. The fourth-order valence-electron chi connectivity index (χ4n) is 0. The molecular formula is CH4NSiTi. The summed E-state index contributed by atoms with van der Waals surface area (Å²) in [6.45, 7) is 0. The van der Waals surface area contributed by atoms with Gasteiger partial charge in [0.25, 0.3) is 0 Å². The molecule has 0 unspecified atom stereocenters. The van der Waals surface area contributed by atoms with Crippen LogP contribution < -0.4 is 0 Å². The monoisotopic (exact) mass is 106 g/mol. The molecule has 0 N–H and O–H groups in total. The van der Waals surface area contributed by atoms with Crippen LogP contribution in [0.5, 0.6) is 0 Å². The van der Waals surface area contributed by atoms with Crippen LogP contribution in [0.3, 0.4) is 0 Å². The Morgan fingerprint density at radius 1 is 1.75 bits per heavy atom. The maximum atomic E-state index is 7.32. The first-order valence-corrected chi connectivity index (χ1v) is 1.25. The summed E-state index contributed by atoms with van der Waals surface area (Å²) in [6.07, 6.45) is 0. The summed E-state index contributed by atoms with van der Waals surface area (Å²) >= 11 is 1.43. The van der Waals surface area contributed by atoms with Crippen LogP contribution in [0, 0.1) is 9.64 Å².